The molecule has 126 valence electrons. The molecule has 7 heteroatoms. The van der Waals surface area contributed by atoms with Crippen LogP contribution >= 0.6 is 11.6 Å². The molecule has 0 saturated heterocycles. The van der Waals surface area contributed by atoms with Crippen molar-refractivity contribution < 1.29 is 19.5 Å². The summed E-state index contributed by atoms with van der Waals surface area (Å²) in [6.07, 6.45) is 4.53. The standard InChI is InChI=1S/C17H17ClN2O4/c18-12-5-1-9(2-6-12)7-13(21)19-20-16(22)14-10-3-4-11(8-10)15(14)17(23)24/h1-6,10-11,14-15H,7-8H2,(H,19,21)(H,20,22)(H,23,24)/t10-,11-,14-,15+/m0/s1. The normalized spacial score (nSPS) is 27.0. The average molecular weight is 349 g/mol. The molecule has 2 amide bonds. The Morgan fingerprint density at radius 2 is 1.67 bits per heavy atom. The largest absolute Gasteiger partial charge is 0.481 e. The Morgan fingerprint density at radius 3 is 2.29 bits per heavy atom. The van der Waals surface area contributed by atoms with E-state index in [1.165, 1.54) is 0 Å². The number of rotatable bonds is 4. The summed E-state index contributed by atoms with van der Waals surface area (Å²) >= 11 is 5.78. The van der Waals surface area contributed by atoms with Gasteiger partial charge >= 0.3 is 5.97 Å². The fourth-order valence-corrected chi connectivity index (χ4v) is 3.69. The number of nitrogens with one attached hydrogen (secondary N) is 2. The molecule has 4 atom stereocenters. The van der Waals surface area contributed by atoms with Crippen LogP contribution in [0.15, 0.2) is 36.4 Å². The zero-order valence-corrected chi connectivity index (χ0v) is 13.5. The zero-order valence-electron chi connectivity index (χ0n) is 12.7. The molecule has 1 saturated carbocycles. The molecule has 0 unspecified atom stereocenters. The van der Waals surface area contributed by atoms with Gasteiger partial charge in [-0.15, -0.1) is 0 Å². The predicted octanol–water partition coefficient (Wildman–Crippen LogP) is 1.55. The number of hydrogen-bond acceptors (Lipinski definition) is 3. The molecule has 2 aliphatic rings. The minimum absolute atomic E-state index is 0.0794. The third kappa shape index (κ3) is 3.28. The molecule has 3 N–H and O–H groups in total. The fraction of sp³-hybridized carbons (Fsp3) is 0.353. The Morgan fingerprint density at radius 1 is 1.04 bits per heavy atom. The first-order valence-electron chi connectivity index (χ1n) is 7.70. The van der Waals surface area contributed by atoms with Crippen molar-refractivity contribution in [3.05, 3.63) is 47.0 Å². The summed E-state index contributed by atoms with van der Waals surface area (Å²) in [7, 11) is 0. The smallest absolute Gasteiger partial charge is 0.307 e. The van der Waals surface area contributed by atoms with Gasteiger partial charge in [0.15, 0.2) is 0 Å². The van der Waals surface area contributed by atoms with Crippen molar-refractivity contribution in [2.45, 2.75) is 12.8 Å². The second-order valence-electron chi connectivity index (χ2n) is 6.18. The van der Waals surface area contributed by atoms with Gasteiger partial charge in [0.2, 0.25) is 11.8 Å². The molecule has 0 aromatic heterocycles. The third-order valence-electron chi connectivity index (χ3n) is 4.65. The van der Waals surface area contributed by atoms with Gasteiger partial charge in [0.1, 0.15) is 0 Å². The van der Waals surface area contributed by atoms with Crippen LogP contribution in [0, 0.1) is 23.7 Å². The maximum Gasteiger partial charge on any atom is 0.307 e. The number of carboxylic acids is 1. The molecule has 2 aliphatic carbocycles. The number of benzene rings is 1. The molecule has 1 fully saturated rings. The molecular formula is C17H17ClN2O4. The van der Waals surface area contributed by atoms with E-state index in [2.05, 4.69) is 10.9 Å². The van der Waals surface area contributed by atoms with E-state index in [-0.39, 0.29) is 24.2 Å². The maximum atomic E-state index is 12.3. The van der Waals surface area contributed by atoms with Gasteiger partial charge in [-0.1, -0.05) is 35.9 Å². The van der Waals surface area contributed by atoms with Crippen LogP contribution in [0.4, 0.5) is 0 Å². The minimum atomic E-state index is -0.973. The SMILES string of the molecule is O=C(Cc1ccc(Cl)cc1)NNC(=O)[C@@H]1[C@H](C(=O)O)[C@H]2C=C[C@H]1C2. The Kier molecular flexibility index (Phi) is 4.57. The molecule has 0 spiro atoms. The van der Waals surface area contributed by atoms with Crippen molar-refractivity contribution in [1.29, 1.82) is 0 Å². The van der Waals surface area contributed by atoms with Gasteiger partial charge in [-0.25, -0.2) is 0 Å². The van der Waals surface area contributed by atoms with Gasteiger partial charge in [0.25, 0.3) is 0 Å². The molecule has 1 aromatic carbocycles. The number of carboxylic acid groups (broad SMARTS) is 1. The summed E-state index contributed by atoms with van der Waals surface area (Å²) in [6, 6.07) is 6.82. The predicted molar refractivity (Wildman–Crippen MR) is 86.8 cm³/mol. The number of aliphatic carboxylic acids is 1. The quantitative estimate of drug-likeness (QED) is 0.568. The molecular weight excluding hydrogens is 332 g/mol. The van der Waals surface area contributed by atoms with Crippen LogP contribution in [-0.4, -0.2) is 22.9 Å². The summed E-state index contributed by atoms with van der Waals surface area (Å²) in [5.41, 5.74) is 5.48. The van der Waals surface area contributed by atoms with E-state index in [4.69, 9.17) is 11.6 Å². The topological polar surface area (TPSA) is 95.5 Å². The Bertz CT molecular complexity index is 701. The Hall–Kier alpha value is -2.34. The number of carbonyl (C=O) groups excluding carboxylic acids is 2. The van der Waals surface area contributed by atoms with E-state index in [9.17, 15) is 19.5 Å². The second-order valence-corrected chi connectivity index (χ2v) is 6.62. The van der Waals surface area contributed by atoms with Crippen molar-refractivity contribution >= 4 is 29.4 Å². The first kappa shape index (κ1) is 16.5. The average Bonchev–Trinajstić information content (AvgIpc) is 3.15. The number of allylic oxidation sites excluding steroid dienone is 2. The van der Waals surface area contributed by atoms with Crippen LogP contribution in [0.3, 0.4) is 0 Å². The van der Waals surface area contributed by atoms with Crippen molar-refractivity contribution in [2.75, 3.05) is 0 Å². The van der Waals surface area contributed by atoms with Crippen molar-refractivity contribution in [3.8, 4) is 0 Å². The molecule has 6 nitrogen and oxygen atoms in total. The highest BCUT2D eigenvalue weighted by Gasteiger charge is 2.51. The molecule has 0 radical (unpaired) electrons. The van der Waals surface area contributed by atoms with Crippen LogP contribution in [0.2, 0.25) is 5.02 Å². The first-order valence-corrected chi connectivity index (χ1v) is 8.08. The van der Waals surface area contributed by atoms with Crippen molar-refractivity contribution in [3.63, 3.8) is 0 Å². The number of hydrogen-bond donors (Lipinski definition) is 3. The van der Waals surface area contributed by atoms with E-state index < -0.39 is 23.7 Å². The van der Waals surface area contributed by atoms with E-state index in [0.717, 1.165) is 5.56 Å². The minimum Gasteiger partial charge on any atom is -0.481 e. The molecule has 0 aliphatic heterocycles. The molecule has 1 aromatic rings. The van der Waals surface area contributed by atoms with Gasteiger partial charge in [0, 0.05) is 5.02 Å². The highest BCUT2D eigenvalue weighted by Crippen LogP contribution is 2.48. The molecule has 24 heavy (non-hydrogen) atoms. The van der Waals surface area contributed by atoms with E-state index in [1.807, 2.05) is 12.2 Å². The van der Waals surface area contributed by atoms with Crippen molar-refractivity contribution in [2.24, 2.45) is 23.7 Å². The highest BCUT2D eigenvalue weighted by atomic mass is 35.5. The molecule has 2 bridgehead atoms. The lowest BCUT2D eigenvalue weighted by molar-refractivity contribution is -0.148. The molecule has 0 heterocycles. The highest BCUT2D eigenvalue weighted by molar-refractivity contribution is 6.30. The number of fused-ring (bicyclic) bond motifs is 2. The Balaban J connectivity index is 1.55. The van der Waals surface area contributed by atoms with Crippen LogP contribution in [0.1, 0.15) is 12.0 Å². The van der Waals surface area contributed by atoms with Gasteiger partial charge in [-0.3, -0.25) is 25.2 Å². The lowest BCUT2D eigenvalue weighted by atomic mass is 9.82. The summed E-state index contributed by atoms with van der Waals surface area (Å²) < 4.78 is 0. The van der Waals surface area contributed by atoms with E-state index in [0.29, 0.717) is 11.4 Å². The first-order chi connectivity index (χ1) is 11.5. The molecule has 3 rings (SSSR count). The summed E-state index contributed by atoms with van der Waals surface area (Å²) in [4.78, 5) is 35.6. The zero-order chi connectivity index (χ0) is 17.3. The van der Waals surface area contributed by atoms with Gasteiger partial charge in [0.05, 0.1) is 18.3 Å². The summed E-state index contributed by atoms with van der Waals surface area (Å²) in [6.45, 7) is 0. The maximum absolute atomic E-state index is 12.3. The van der Waals surface area contributed by atoms with Crippen LogP contribution in [0.25, 0.3) is 0 Å². The van der Waals surface area contributed by atoms with Crippen LogP contribution in [0.5, 0.6) is 0 Å². The second kappa shape index (κ2) is 6.65. The monoisotopic (exact) mass is 348 g/mol. The number of amides is 2. The van der Waals surface area contributed by atoms with Crippen molar-refractivity contribution in [1.82, 2.24) is 10.9 Å². The number of carbonyl (C=O) groups is 3. The van der Waals surface area contributed by atoms with E-state index in [1.54, 1.807) is 24.3 Å². The summed E-state index contributed by atoms with van der Waals surface area (Å²) in [5.74, 6) is -3.36. The van der Waals surface area contributed by atoms with Gasteiger partial charge < -0.3 is 5.11 Å². The fourth-order valence-electron chi connectivity index (χ4n) is 3.56. The lowest BCUT2D eigenvalue weighted by Crippen LogP contribution is -2.48. The lowest BCUT2D eigenvalue weighted by Gasteiger charge is -2.23. The third-order valence-corrected chi connectivity index (χ3v) is 4.90. The number of halogens is 1. The van der Waals surface area contributed by atoms with Crippen LogP contribution in [-0.2, 0) is 20.8 Å². The van der Waals surface area contributed by atoms with E-state index >= 15 is 0 Å². The van der Waals surface area contributed by atoms with Crippen LogP contribution < -0.4 is 10.9 Å². The summed E-state index contributed by atoms with van der Waals surface area (Å²) in [5, 5.41) is 9.92. The van der Waals surface area contributed by atoms with Gasteiger partial charge in [-0.2, -0.15) is 0 Å². The van der Waals surface area contributed by atoms with Gasteiger partial charge in [-0.05, 0) is 36.0 Å². The number of hydrazine groups is 1. The Labute approximate surface area is 143 Å².